The van der Waals surface area contributed by atoms with Crippen LogP contribution in [0.1, 0.15) is 39.5 Å². The summed E-state index contributed by atoms with van der Waals surface area (Å²) in [6, 6.07) is 19.5. The number of hydrazone groups is 1. The van der Waals surface area contributed by atoms with Gasteiger partial charge in [0.25, 0.3) is 5.91 Å². The number of hydrogen-bond donors (Lipinski definition) is 1. The number of phenols is 1. The molecule has 3 aromatic rings. The molecule has 1 atom stereocenters. The Hall–Kier alpha value is -3.31. The summed E-state index contributed by atoms with van der Waals surface area (Å²) < 4.78 is 5.25. The molecule has 0 spiro atoms. The van der Waals surface area contributed by atoms with Gasteiger partial charge in [0, 0.05) is 22.6 Å². The van der Waals surface area contributed by atoms with Gasteiger partial charge in [-0.25, -0.2) is 5.01 Å². The van der Waals surface area contributed by atoms with Crippen LogP contribution in [0.3, 0.4) is 0 Å². The standard InChI is InChI=1S/C24H21ClN2O3/c1-15-3-5-17(6-4-15)24(29)27-22(16-7-10-19(30-2)11-8-16)14-21(26-27)20-13-18(25)9-12-23(20)28/h3-13,22,28H,14H2,1-2H3/t22-/m0/s1. The van der Waals surface area contributed by atoms with Crippen molar-refractivity contribution in [2.24, 2.45) is 5.10 Å². The minimum absolute atomic E-state index is 0.0799. The number of carbonyl (C=O) groups is 1. The molecule has 1 heterocycles. The molecule has 0 saturated carbocycles. The Balaban J connectivity index is 1.75. The van der Waals surface area contributed by atoms with Crippen molar-refractivity contribution in [2.75, 3.05) is 7.11 Å². The number of halogens is 1. The van der Waals surface area contributed by atoms with Gasteiger partial charge in [0.15, 0.2) is 0 Å². The highest BCUT2D eigenvalue weighted by molar-refractivity contribution is 6.31. The number of benzene rings is 3. The Morgan fingerprint density at radius 2 is 1.80 bits per heavy atom. The van der Waals surface area contributed by atoms with E-state index >= 15 is 0 Å². The largest absolute Gasteiger partial charge is 0.507 e. The van der Waals surface area contributed by atoms with Gasteiger partial charge in [-0.05, 0) is 55.0 Å². The molecule has 0 saturated heterocycles. The Labute approximate surface area is 180 Å². The van der Waals surface area contributed by atoms with Crippen molar-refractivity contribution in [3.05, 3.63) is 94.0 Å². The van der Waals surface area contributed by atoms with Crippen LogP contribution in [0.15, 0.2) is 71.8 Å². The van der Waals surface area contributed by atoms with E-state index < -0.39 is 0 Å². The van der Waals surface area contributed by atoms with E-state index in [4.69, 9.17) is 16.3 Å². The maximum Gasteiger partial charge on any atom is 0.274 e. The van der Waals surface area contributed by atoms with Gasteiger partial charge in [-0.15, -0.1) is 0 Å². The molecule has 152 valence electrons. The molecule has 1 aliphatic rings. The first kappa shape index (κ1) is 20.0. The molecule has 4 rings (SSSR count). The maximum atomic E-state index is 13.3. The molecule has 30 heavy (non-hydrogen) atoms. The van der Waals surface area contributed by atoms with Gasteiger partial charge in [-0.2, -0.15) is 5.10 Å². The van der Waals surface area contributed by atoms with Crippen molar-refractivity contribution in [3.63, 3.8) is 0 Å². The Morgan fingerprint density at radius 3 is 2.47 bits per heavy atom. The van der Waals surface area contributed by atoms with Crippen LogP contribution in [0.5, 0.6) is 11.5 Å². The van der Waals surface area contributed by atoms with Crippen LogP contribution in [0.25, 0.3) is 0 Å². The van der Waals surface area contributed by atoms with E-state index in [2.05, 4.69) is 5.10 Å². The first-order valence-corrected chi connectivity index (χ1v) is 9.94. The van der Waals surface area contributed by atoms with E-state index in [0.29, 0.717) is 28.3 Å². The Bertz CT molecular complexity index is 1110. The molecular weight excluding hydrogens is 400 g/mol. The topological polar surface area (TPSA) is 62.1 Å². The molecule has 0 aliphatic carbocycles. The molecular formula is C24H21ClN2O3. The molecule has 0 fully saturated rings. The number of methoxy groups -OCH3 is 1. The molecule has 0 bridgehead atoms. The number of nitrogens with zero attached hydrogens (tertiary/aromatic N) is 2. The van der Waals surface area contributed by atoms with Crippen molar-refractivity contribution in [2.45, 2.75) is 19.4 Å². The summed E-state index contributed by atoms with van der Waals surface area (Å²) in [7, 11) is 1.61. The fourth-order valence-corrected chi connectivity index (χ4v) is 3.69. The van der Waals surface area contributed by atoms with Gasteiger partial charge >= 0.3 is 0 Å². The summed E-state index contributed by atoms with van der Waals surface area (Å²) >= 11 is 6.13. The average molecular weight is 421 g/mol. The monoisotopic (exact) mass is 420 g/mol. The number of aryl methyl sites for hydroxylation is 1. The quantitative estimate of drug-likeness (QED) is 0.618. The SMILES string of the molecule is COc1ccc([C@@H]2CC(c3cc(Cl)ccc3O)=NN2C(=O)c2ccc(C)cc2)cc1. The molecule has 6 heteroatoms. The van der Waals surface area contributed by atoms with E-state index in [-0.39, 0.29) is 17.7 Å². The normalized spacial score (nSPS) is 15.8. The molecule has 5 nitrogen and oxygen atoms in total. The number of amides is 1. The highest BCUT2D eigenvalue weighted by Crippen LogP contribution is 2.37. The highest BCUT2D eigenvalue weighted by Gasteiger charge is 2.34. The number of ether oxygens (including phenoxy) is 1. The molecule has 0 unspecified atom stereocenters. The number of rotatable bonds is 4. The molecule has 0 radical (unpaired) electrons. The third kappa shape index (κ3) is 3.89. The highest BCUT2D eigenvalue weighted by atomic mass is 35.5. The van der Waals surface area contributed by atoms with Crippen LogP contribution in [-0.4, -0.2) is 28.8 Å². The van der Waals surface area contributed by atoms with Crippen molar-refractivity contribution in [1.82, 2.24) is 5.01 Å². The molecule has 3 aromatic carbocycles. The molecule has 1 amide bonds. The zero-order valence-electron chi connectivity index (χ0n) is 16.7. The van der Waals surface area contributed by atoms with Crippen molar-refractivity contribution in [3.8, 4) is 11.5 Å². The van der Waals surface area contributed by atoms with E-state index in [0.717, 1.165) is 16.9 Å². The smallest absolute Gasteiger partial charge is 0.274 e. The first-order chi connectivity index (χ1) is 14.5. The minimum atomic E-state index is -0.307. The van der Waals surface area contributed by atoms with Crippen molar-refractivity contribution >= 4 is 23.2 Å². The zero-order valence-corrected chi connectivity index (χ0v) is 17.4. The Morgan fingerprint density at radius 1 is 1.10 bits per heavy atom. The second kappa shape index (κ2) is 8.20. The zero-order chi connectivity index (χ0) is 21.3. The third-order valence-electron chi connectivity index (χ3n) is 5.19. The number of aromatic hydroxyl groups is 1. The fourth-order valence-electron chi connectivity index (χ4n) is 3.51. The summed E-state index contributed by atoms with van der Waals surface area (Å²) in [5, 5.41) is 16.9. The van der Waals surface area contributed by atoms with Gasteiger partial charge in [-0.3, -0.25) is 4.79 Å². The van der Waals surface area contributed by atoms with Crippen LogP contribution < -0.4 is 4.74 Å². The van der Waals surface area contributed by atoms with E-state index in [1.54, 1.807) is 31.4 Å². The number of hydrogen-bond acceptors (Lipinski definition) is 4. The number of phenolic OH excluding ortho intramolecular Hbond substituents is 1. The van der Waals surface area contributed by atoms with Crippen LogP contribution >= 0.6 is 11.6 Å². The van der Waals surface area contributed by atoms with Gasteiger partial charge in [0.1, 0.15) is 11.5 Å². The van der Waals surface area contributed by atoms with Gasteiger partial charge in [0.2, 0.25) is 0 Å². The van der Waals surface area contributed by atoms with Gasteiger partial charge in [0.05, 0.1) is 18.9 Å². The van der Waals surface area contributed by atoms with E-state index in [1.165, 1.54) is 11.1 Å². The van der Waals surface area contributed by atoms with Crippen LogP contribution in [0.2, 0.25) is 5.02 Å². The van der Waals surface area contributed by atoms with Crippen LogP contribution in [-0.2, 0) is 0 Å². The lowest BCUT2D eigenvalue weighted by Crippen LogP contribution is -2.27. The lowest BCUT2D eigenvalue weighted by Gasteiger charge is -2.22. The number of carbonyl (C=O) groups excluding carboxylic acids is 1. The minimum Gasteiger partial charge on any atom is -0.507 e. The Kier molecular flexibility index (Phi) is 5.46. The second-order valence-electron chi connectivity index (χ2n) is 7.22. The third-order valence-corrected chi connectivity index (χ3v) is 5.42. The lowest BCUT2D eigenvalue weighted by molar-refractivity contribution is 0.0711. The van der Waals surface area contributed by atoms with E-state index in [1.807, 2.05) is 43.3 Å². The van der Waals surface area contributed by atoms with Crippen LogP contribution in [0, 0.1) is 6.92 Å². The maximum absolute atomic E-state index is 13.3. The van der Waals surface area contributed by atoms with Crippen LogP contribution in [0.4, 0.5) is 0 Å². The summed E-state index contributed by atoms with van der Waals surface area (Å²) in [5.74, 6) is 0.616. The molecule has 1 aliphatic heterocycles. The predicted octanol–water partition coefficient (Wildman–Crippen LogP) is 5.35. The summed E-state index contributed by atoms with van der Waals surface area (Å²) in [6.07, 6.45) is 0.456. The predicted molar refractivity (Wildman–Crippen MR) is 117 cm³/mol. The summed E-state index contributed by atoms with van der Waals surface area (Å²) in [5.41, 5.74) is 3.69. The fraction of sp³-hybridized carbons (Fsp3) is 0.167. The van der Waals surface area contributed by atoms with Gasteiger partial charge in [-0.1, -0.05) is 41.4 Å². The van der Waals surface area contributed by atoms with Gasteiger partial charge < -0.3 is 9.84 Å². The lowest BCUT2D eigenvalue weighted by atomic mass is 9.97. The average Bonchev–Trinajstić information content (AvgIpc) is 3.20. The summed E-state index contributed by atoms with van der Waals surface area (Å²) in [4.78, 5) is 13.3. The second-order valence-corrected chi connectivity index (χ2v) is 7.65. The van der Waals surface area contributed by atoms with Crippen molar-refractivity contribution < 1.29 is 14.6 Å². The first-order valence-electron chi connectivity index (χ1n) is 9.57. The molecule has 1 N–H and O–H groups in total. The molecule has 0 aromatic heterocycles. The van der Waals surface area contributed by atoms with Crippen molar-refractivity contribution in [1.29, 1.82) is 0 Å². The summed E-state index contributed by atoms with van der Waals surface area (Å²) in [6.45, 7) is 1.97. The van der Waals surface area contributed by atoms with E-state index in [9.17, 15) is 9.90 Å².